The van der Waals surface area contributed by atoms with E-state index in [1.807, 2.05) is 18.3 Å². The smallest absolute Gasteiger partial charge is 0.127 e. The second kappa shape index (κ2) is 6.36. The molecule has 0 spiro atoms. The van der Waals surface area contributed by atoms with E-state index in [-0.39, 0.29) is 0 Å². The summed E-state index contributed by atoms with van der Waals surface area (Å²) in [6.07, 6.45) is 1.92. The minimum atomic E-state index is 0.650. The summed E-state index contributed by atoms with van der Waals surface area (Å²) in [5.74, 6) is 0. The first kappa shape index (κ1) is 14.9. The van der Waals surface area contributed by atoms with Crippen molar-refractivity contribution >= 4 is 23.2 Å². The zero-order valence-corrected chi connectivity index (χ0v) is 13.6. The molecule has 0 amide bonds. The highest BCUT2D eigenvalue weighted by Gasteiger charge is 2.22. The Morgan fingerprint density at radius 2 is 1.95 bits per heavy atom. The van der Waals surface area contributed by atoms with E-state index in [2.05, 4.69) is 17.2 Å². The number of benzene rings is 1. The molecule has 1 saturated heterocycles. The Kier molecular flexibility index (Phi) is 4.50. The van der Waals surface area contributed by atoms with Crippen molar-refractivity contribution in [1.82, 2.24) is 10.2 Å². The molecule has 0 saturated carbocycles. The van der Waals surface area contributed by atoms with Crippen molar-refractivity contribution in [3.8, 4) is 11.3 Å². The van der Waals surface area contributed by atoms with Gasteiger partial charge in [-0.2, -0.15) is 5.10 Å². The summed E-state index contributed by atoms with van der Waals surface area (Å²) < 4.78 is 0. The van der Waals surface area contributed by atoms with E-state index in [1.165, 1.54) is 31.7 Å². The van der Waals surface area contributed by atoms with E-state index in [9.17, 15) is 0 Å². The first-order valence-electron chi connectivity index (χ1n) is 7.26. The van der Waals surface area contributed by atoms with E-state index in [0.29, 0.717) is 10.0 Å². The zero-order valence-electron chi connectivity index (χ0n) is 12.0. The fourth-order valence-electron chi connectivity index (χ4n) is 2.85. The highest BCUT2D eigenvalue weighted by Crippen LogP contribution is 2.30. The molecule has 3 N–H and O–H groups in total. The number of hydrogen-bond acceptors (Lipinski definition) is 1. The lowest BCUT2D eigenvalue weighted by Crippen LogP contribution is -3.26. The number of nitrogens with zero attached hydrogens (tertiary/aromatic N) is 1. The maximum absolute atomic E-state index is 6.31. The van der Waals surface area contributed by atoms with Crippen LogP contribution in [0.15, 0.2) is 24.4 Å². The number of halogens is 2. The van der Waals surface area contributed by atoms with E-state index < -0.39 is 0 Å². The van der Waals surface area contributed by atoms with E-state index >= 15 is 0 Å². The fraction of sp³-hybridized carbons (Fsp3) is 0.400. The predicted molar refractivity (Wildman–Crippen MR) is 85.1 cm³/mol. The third kappa shape index (κ3) is 3.40. The fourth-order valence-corrected chi connectivity index (χ4v) is 3.35. The summed E-state index contributed by atoms with van der Waals surface area (Å²) in [6.45, 7) is 5.84. The van der Waals surface area contributed by atoms with Gasteiger partial charge in [0, 0.05) is 10.6 Å². The van der Waals surface area contributed by atoms with Crippen molar-refractivity contribution in [1.29, 1.82) is 0 Å². The Balaban J connectivity index is 1.80. The van der Waals surface area contributed by atoms with E-state index in [0.717, 1.165) is 17.8 Å². The van der Waals surface area contributed by atoms with Crippen molar-refractivity contribution in [3.63, 3.8) is 0 Å². The van der Waals surface area contributed by atoms with Crippen LogP contribution in [0, 0.1) is 0 Å². The second-order valence-corrected chi connectivity index (χ2v) is 6.62. The predicted octanol–water partition coefficient (Wildman–Crippen LogP) is 0.297. The lowest BCUT2D eigenvalue weighted by molar-refractivity contribution is -1.01. The van der Waals surface area contributed by atoms with Gasteiger partial charge in [-0.05, 0) is 18.2 Å². The van der Waals surface area contributed by atoms with Gasteiger partial charge in [-0.3, -0.25) is 5.10 Å². The maximum atomic E-state index is 6.31. The summed E-state index contributed by atoms with van der Waals surface area (Å²) in [6, 6.07) is 5.58. The second-order valence-electron chi connectivity index (χ2n) is 5.78. The number of quaternary nitrogens is 2. The van der Waals surface area contributed by atoms with Crippen LogP contribution in [0.4, 0.5) is 0 Å². The lowest BCUT2D eigenvalue weighted by atomic mass is 10.1. The molecule has 1 aromatic heterocycles. The average Bonchev–Trinajstić information content (AvgIpc) is 2.89. The van der Waals surface area contributed by atoms with Gasteiger partial charge in [0.25, 0.3) is 0 Å². The monoisotopic (exact) mass is 326 g/mol. The topological polar surface area (TPSA) is 37.6 Å². The zero-order chi connectivity index (χ0) is 14.8. The average molecular weight is 327 g/mol. The number of aromatic amines is 1. The molecule has 1 aliphatic rings. The van der Waals surface area contributed by atoms with Crippen LogP contribution in [-0.2, 0) is 6.54 Å². The highest BCUT2D eigenvalue weighted by atomic mass is 35.5. The van der Waals surface area contributed by atoms with Crippen LogP contribution >= 0.6 is 23.2 Å². The van der Waals surface area contributed by atoms with Crippen LogP contribution in [0.3, 0.4) is 0 Å². The minimum Gasteiger partial charge on any atom is -0.328 e. The van der Waals surface area contributed by atoms with Gasteiger partial charge in [0.15, 0.2) is 0 Å². The van der Waals surface area contributed by atoms with Gasteiger partial charge in [0.1, 0.15) is 32.7 Å². The van der Waals surface area contributed by atoms with Crippen molar-refractivity contribution in [2.45, 2.75) is 6.54 Å². The lowest BCUT2D eigenvalue weighted by Gasteiger charge is -2.27. The SMILES string of the molecule is C[NH+]1CC[NH+](Cc2cn[nH]c2-c2ccc(Cl)cc2Cl)CC1. The summed E-state index contributed by atoms with van der Waals surface area (Å²) in [5, 5.41) is 8.60. The van der Waals surface area contributed by atoms with Gasteiger partial charge in [0.05, 0.1) is 29.5 Å². The standard InChI is InChI=1S/C15H18Cl2N4/c1-20-4-6-21(7-5-20)10-11-9-18-19-15(11)13-3-2-12(16)8-14(13)17/h2-3,8-9H,4-7,10H2,1H3,(H,18,19)/p+2. The van der Waals surface area contributed by atoms with E-state index in [4.69, 9.17) is 23.2 Å². The number of nitrogens with one attached hydrogen (secondary N) is 3. The molecule has 1 aliphatic heterocycles. The van der Waals surface area contributed by atoms with E-state index in [1.54, 1.807) is 15.9 Å². The molecule has 1 aromatic carbocycles. The third-order valence-electron chi connectivity index (χ3n) is 4.17. The molecule has 0 atom stereocenters. The first-order valence-corrected chi connectivity index (χ1v) is 8.01. The number of H-pyrrole nitrogens is 1. The first-order chi connectivity index (χ1) is 10.1. The van der Waals surface area contributed by atoms with Crippen molar-refractivity contribution in [2.75, 3.05) is 33.2 Å². The van der Waals surface area contributed by atoms with Crippen molar-refractivity contribution in [3.05, 3.63) is 40.0 Å². The Hall–Kier alpha value is -1.07. The number of aromatic nitrogens is 2. The van der Waals surface area contributed by atoms with Crippen LogP contribution in [0.1, 0.15) is 5.56 Å². The summed E-state index contributed by atoms with van der Waals surface area (Å²) in [4.78, 5) is 3.22. The third-order valence-corrected chi connectivity index (χ3v) is 4.72. The molecule has 3 rings (SSSR count). The Morgan fingerprint density at radius 3 is 2.67 bits per heavy atom. The van der Waals surface area contributed by atoms with Crippen LogP contribution < -0.4 is 9.80 Å². The molecule has 112 valence electrons. The van der Waals surface area contributed by atoms with Gasteiger partial charge in [-0.1, -0.05) is 23.2 Å². The Morgan fingerprint density at radius 1 is 1.19 bits per heavy atom. The molecule has 6 heteroatoms. The molecule has 0 unspecified atom stereocenters. The molecule has 4 nitrogen and oxygen atoms in total. The van der Waals surface area contributed by atoms with Gasteiger partial charge in [0.2, 0.25) is 0 Å². The number of likely N-dealkylation sites (N-methyl/N-ethyl adjacent to an activating group) is 1. The number of piperazine rings is 1. The summed E-state index contributed by atoms with van der Waals surface area (Å²) in [5.41, 5.74) is 3.19. The molecular formula is C15H20Cl2N4+2. The maximum Gasteiger partial charge on any atom is 0.127 e. The van der Waals surface area contributed by atoms with Crippen LogP contribution in [0.5, 0.6) is 0 Å². The molecular weight excluding hydrogens is 307 g/mol. The van der Waals surface area contributed by atoms with Crippen molar-refractivity contribution in [2.24, 2.45) is 0 Å². The number of hydrogen-bond donors (Lipinski definition) is 3. The molecule has 1 fully saturated rings. The van der Waals surface area contributed by atoms with Gasteiger partial charge in [-0.15, -0.1) is 0 Å². The molecule has 0 aliphatic carbocycles. The Bertz CT molecular complexity index is 618. The minimum absolute atomic E-state index is 0.650. The molecule has 0 radical (unpaired) electrons. The van der Waals surface area contributed by atoms with Crippen LogP contribution in [0.25, 0.3) is 11.3 Å². The molecule has 0 bridgehead atoms. The normalized spacial score (nSPS) is 22.4. The highest BCUT2D eigenvalue weighted by molar-refractivity contribution is 6.36. The molecule has 2 heterocycles. The van der Waals surface area contributed by atoms with Crippen molar-refractivity contribution < 1.29 is 9.80 Å². The summed E-state index contributed by atoms with van der Waals surface area (Å²) in [7, 11) is 2.26. The van der Waals surface area contributed by atoms with Gasteiger partial charge < -0.3 is 9.80 Å². The number of rotatable bonds is 3. The Labute approximate surface area is 134 Å². The van der Waals surface area contributed by atoms with Gasteiger partial charge in [-0.25, -0.2) is 0 Å². The van der Waals surface area contributed by atoms with Crippen LogP contribution in [0.2, 0.25) is 10.0 Å². The largest absolute Gasteiger partial charge is 0.328 e. The quantitative estimate of drug-likeness (QED) is 0.745. The molecule has 2 aromatic rings. The van der Waals surface area contributed by atoms with Crippen LogP contribution in [-0.4, -0.2) is 43.4 Å². The molecule has 21 heavy (non-hydrogen) atoms. The summed E-state index contributed by atoms with van der Waals surface area (Å²) >= 11 is 12.3. The van der Waals surface area contributed by atoms with Gasteiger partial charge >= 0.3 is 0 Å².